The van der Waals surface area contributed by atoms with Crippen LogP contribution in [0.3, 0.4) is 0 Å². The second-order valence-corrected chi connectivity index (χ2v) is 6.70. The largest absolute Gasteiger partial charge is 0.297 e. The third kappa shape index (κ3) is 2.64. The molecule has 4 rings (SSSR count). The summed E-state index contributed by atoms with van der Waals surface area (Å²) in [5.74, 6) is 1.98. The van der Waals surface area contributed by atoms with E-state index in [1.54, 1.807) is 0 Å². The third-order valence-electron chi connectivity index (χ3n) is 4.93. The minimum atomic E-state index is -0.212. The fourth-order valence-electron chi connectivity index (χ4n) is 3.36. The number of carbonyl (C=O) groups excluding carboxylic acids is 1. The zero-order valence-electron chi connectivity index (χ0n) is 13.6. The van der Waals surface area contributed by atoms with Gasteiger partial charge in [-0.25, -0.2) is 0 Å². The molecular weight excluding hydrogens is 292 g/mol. The van der Waals surface area contributed by atoms with E-state index in [0.717, 1.165) is 37.3 Å². The average Bonchev–Trinajstić information content (AvgIpc) is 3.22. The van der Waals surface area contributed by atoms with Crippen molar-refractivity contribution in [2.24, 2.45) is 5.92 Å². The number of aromatic nitrogens is 5. The Labute approximate surface area is 135 Å². The molecule has 0 radical (unpaired) electrons. The van der Waals surface area contributed by atoms with E-state index in [9.17, 15) is 4.79 Å². The highest BCUT2D eigenvalue weighted by molar-refractivity contribution is 6.01. The lowest BCUT2D eigenvalue weighted by molar-refractivity contribution is 0.101. The topological polar surface area (TPSA) is 77.6 Å². The van der Waals surface area contributed by atoms with Crippen molar-refractivity contribution in [1.82, 2.24) is 24.5 Å². The molecule has 1 N–H and O–H groups in total. The molecule has 1 fully saturated rings. The van der Waals surface area contributed by atoms with Crippen molar-refractivity contribution in [2.75, 3.05) is 5.32 Å². The van der Waals surface area contributed by atoms with Crippen LogP contribution in [0, 0.1) is 12.8 Å². The van der Waals surface area contributed by atoms with Gasteiger partial charge in [-0.15, -0.1) is 10.2 Å². The summed E-state index contributed by atoms with van der Waals surface area (Å²) in [4.78, 5) is 12.5. The van der Waals surface area contributed by atoms with Crippen LogP contribution in [0.5, 0.6) is 0 Å². The van der Waals surface area contributed by atoms with Gasteiger partial charge in [0.25, 0.3) is 5.91 Å². The molecule has 2 aromatic rings. The number of nitrogens with one attached hydrogen (secondary N) is 1. The standard InChI is InChI=1S/C16H22N6O/c1-10-9-13(20-22(10)11(2)12-6-7-12)15(23)17-16-19-18-14-5-3-4-8-21(14)16/h9,11-12H,3-8H2,1-2H3,(H,17,19,23). The third-order valence-corrected chi connectivity index (χ3v) is 4.93. The molecule has 0 spiro atoms. The van der Waals surface area contributed by atoms with E-state index in [1.165, 1.54) is 12.8 Å². The molecule has 1 unspecified atom stereocenters. The smallest absolute Gasteiger partial charge is 0.278 e. The van der Waals surface area contributed by atoms with Gasteiger partial charge in [0.05, 0.1) is 6.04 Å². The second kappa shape index (κ2) is 5.47. The number of anilines is 1. The van der Waals surface area contributed by atoms with Gasteiger partial charge in [0, 0.05) is 18.7 Å². The quantitative estimate of drug-likeness (QED) is 0.939. The van der Waals surface area contributed by atoms with Gasteiger partial charge in [-0.1, -0.05) is 0 Å². The second-order valence-electron chi connectivity index (χ2n) is 6.70. The van der Waals surface area contributed by atoms with E-state index < -0.39 is 0 Å². The molecule has 1 aliphatic heterocycles. The highest BCUT2D eigenvalue weighted by Crippen LogP contribution is 2.39. The number of nitrogens with zero attached hydrogens (tertiary/aromatic N) is 5. The summed E-state index contributed by atoms with van der Waals surface area (Å²) in [6.45, 7) is 5.04. The molecule has 1 atom stereocenters. The molecule has 3 heterocycles. The number of hydrogen-bond acceptors (Lipinski definition) is 4. The van der Waals surface area contributed by atoms with Gasteiger partial charge in [-0.05, 0) is 51.5 Å². The summed E-state index contributed by atoms with van der Waals surface area (Å²) in [5, 5.41) is 15.6. The zero-order chi connectivity index (χ0) is 16.0. The molecule has 2 aliphatic rings. The average molecular weight is 314 g/mol. The Balaban J connectivity index is 1.53. The first-order valence-electron chi connectivity index (χ1n) is 8.43. The van der Waals surface area contributed by atoms with Crippen LogP contribution < -0.4 is 5.32 Å². The van der Waals surface area contributed by atoms with Gasteiger partial charge in [0.15, 0.2) is 5.69 Å². The number of hydrogen-bond donors (Lipinski definition) is 1. The van der Waals surface area contributed by atoms with Gasteiger partial charge in [0.2, 0.25) is 5.95 Å². The molecule has 23 heavy (non-hydrogen) atoms. The predicted octanol–water partition coefficient (Wildman–Crippen LogP) is 2.34. The molecule has 1 amide bonds. The highest BCUT2D eigenvalue weighted by atomic mass is 16.2. The first-order valence-corrected chi connectivity index (χ1v) is 8.43. The maximum Gasteiger partial charge on any atom is 0.278 e. The van der Waals surface area contributed by atoms with Crippen LogP contribution in [0.25, 0.3) is 0 Å². The summed E-state index contributed by atoms with van der Waals surface area (Å²) in [7, 11) is 0. The number of aryl methyl sites for hydroxylation is 2. The monoisotopic (exact) mass is 314 g/mol. The fourth-order valence-corrected chi connectivity index (χ4v) is 3.36. The Hall–Kier alpha value is -2.18. The van der Waals surface area contributed by atoms with E-state index >= 15 is 0 Å². The Bertz CT molecular complexity index is 742. The molecular formula is C16H22N6O. The van der Waals surface area contributed by atoms with Crippen molar-refractivity contribution in [2.45, 2.75) is 58.5 Å². The minimum Gasteiger partial charge on any atom is -0.297 e. The Morgan fingerprint density at radius 3 is 2.96 bits per heavy atom. The van der Waals surface area contributed by atoms with Crippen molar-refractivity contribution in [1.29, 1.82) is 0 Å². The molecule has 1 aliphatic carbocycles. The molecule has 2 aromatic heterocycles. The maximum absolute atomic E-state index is 12.5. The van der Waals surface area contributed by atoms with Gasteiger partial charge < -0.3 is 0 Å². The van der Waals surface area contributed by atoms with Gasteiger partial charge >= 0.3 is 0 Å². The number of amides is 1. The highest BCUT2D eigenvalue weighted by Gasteiger charge is 2.31. The van der Waals surface area contributed by atoms with Crippen LogP contribution in [-0.4, -0.2) is 30.5 Å². The Kier molecular flexibility index (Phi) is 3.43. The van der Waals surface area contributed by atoms with Crippen LogP contribution in [0.15, 0.2) is 6.07 Å². The first kappa shape index (κ1) is 14.4. The van der Waals surface area contributed by atoms with Crippen molar-refractivity contribution < 1.29 is 4.79 Å². The summed E-state index contributed by atoms with van der Waals surface area (Å²) in [6.07, 6.45) is 5.67. The van der Waals surface area contributed by atoms with Crippen molar-refractivity contribution in [3.63, 3.8) is 0 Å². The Morgan fingerprint density at radius 1 is 1.35 bits per heavy atom. The number of carbonyl (C=O) groups is 1. The van der Waals surface area contributed by atoms with Crippen LogP contribution in [0.2, 0.25) is 0 Å². The van der Waals surface area contributed by atoms with E-state index in [1.807, 2.05) is 22.2 Å². The lowest BCUT2D eigenvalue weighted by atomic mass is 10.2. The molecule has 0 aromatic carbocycles. The molecule has 122 valence electrons. The number of fused-ring (bicyclic) bond motifs is 1. The molecule has 7 heteroatoms. The molecule has 1 saturated carbocycles. The zero-order valence-corrected chi connectivity index (χ0v) is 13.6. The predicted molar refractivity (Wildman–Crippen MR) is 85.3 cm³/mol. The van der Waals surface area contributed by atoms with Crippen molar-refractivity contribution >= 4 is 11.9 Å². The minimum absolute atomic E-state index is 0.212. The SMILES string of the molecule is Cc1cc(C(=O)Nc2nnc3n2CCCC3)nn1C(C)C1CC1. The van der Waals surface area contributed by atoms with Gasteiger partial charge in [-0.2, -0.15) is 5.10 Å². The van der Waals surface area contributed by atoms with Crippen molar-refractivity contribution in [3.05, 3.63) is 23.3 Å². The molecule has 0 saturated heterocycles. The van der Waals surface area contributed by atoms with E-state index in [2.05, 4.69) is 27.5 Å². The Morgan fingerprint density at radius 2 is 2.17 bits per heavy atom. The van der Waals surface area contributed by atoms with Gasteiger partial charge in [-0.3, -0.25) is 19.4 Å². The summed E-state index contributed by atoms with van der Waals surface area (Å²) in [6, 6.07) is 2.21. The summed E-state index contributed by atoms with van der Waals surface area (Å²) >= 11 is 0. The van der Waals surface area contributed by atoms with Crippen LogP contribution in [0.1, 0.15) is 60.7 Å². The normalized spacial score (nSPS) is 18.5. The van der Waals surface area contributed by atoms with Crippen LogP contribution >= 0.6 is 0 Å². The van der Waals surface area contributed by atoms with Crippen LogP contribution in [0.4, 0.5) is 5.95 Å². The summed E-state index contributed by atoms with van der Waals surface area (Å²) < 4.78 is 3.98. The maximum atomic E-state index is 12.5. The summed E-state index contributed by atoms with van der Waals surface area (Å²) in [5.41, 5.74) is 1.47. The van der Waals surface area contributed by atoms with E-state index in [0.29, 0.717) is 23.6 Å². The molecule has 0 bridgehead atoms. The fraction of sp³-hybridized carbons (Fsp3) is 0.625. The van der Waals surface area contributed by atoms with Crippen molar-refractivity contribution in [3.8, 4) is 0 Å². The lowest BCUT2D eigenvalue weighted by Gasteiger charge is -2.14. The van der Waals surface area contributed by atoms with Gasteiger partial charge in [0.1, 0.15) is 5.82 Å². The lowest BCUT2D eigenvalue weighted by Crippen LogP contribution is -2.19. The van der Waals surface area contributed by atoms with E-state index in [4.69, 9.17) is 0 Å². The van der Waals surface area contributed by atoms with Crippen LogP contribution in [-0.2, 0) is 13.0 Å². The first-order chi connectivity index (χ1) is 11.1. The number of rotatable bonds is 4. The molecule has 7 nitrogen and oxygen atoms in total. The van der Waals surface area contributed by atoms with E-state index in [-0.39, 0.29) is 5.91 Å².